The normalized spacial score (nSPS) is 22.7. The smallest absolute Gasteiger partial charge is 0.404 e. The molecule has 2 rings (SSSR count). The highest BCUT2D eigenvalue weighted by atomic mass is 19.1. The highest BCUT2D eigenvalue weighted by Crippen LogP contribution is 2.28. The van der Waals surface area contributed by atoms with Crippen molar-refractivity contribution in [3.8, 4) is 5.75 Å². The fourth-order valence-electron chi connectivity index (χ4n) is 1.85. The molecule has 1 saturated carbocycles. The van der Waals surface area contributed by atoms with Crippen molar-refractivity contribution in [1.82, 2.24) is 5.32 Å². The third-order valence-electron chi connectivity index (χ3n) is 2.93. The molecule has 1 aliphatic carbocycles. The second-order valence-corrected chi connectivity index (χ2v) is 4.22. The summed E-state index contributed by atoms with van der Waals surface area (Å²) in [5, 5.41) is 10.9. The van der Waals surface area contributed by atoms with Crippen molar-refractivity contribution in [1.29, 1.82) is 0 Å². The van der Waals surface area contributed by atoms with Gasteiger partial charge in [-0.25, -0.2) is 9.18 Å². The van der Waals surface area contributed by atoms with Gasteiger partial charge in [-0.2, -0.15) is 0 Å². The Morgan fingerprint density at radius 3 is 2.88 bits per heavy atom. The van der Waals surface area contributed by atoms with Crippen LogP contribution in [0.4, 0.5) is 9.18 Å². The highest BCUT2D eigenvalue weighted by molar-refractivity contribution is 5.65. The minimum atomic E-state index is -1.02. The number of carboxylic acid groups (broad SMARTS) is 1. The number of benzene rings is 1. The van der Waals surface area contributed by atoms with Crippen LogP contribution in [0.3, 0.4) is 0 Å². The fourth-order valence-corrected chi connectivity index (χ4v) is 1.85. The van der Waals surface area contributed by atoms with Crippen molar-refractivity contribution in [3.63, 3.8) is 0 Å². The van der Waals surface area contributed by atoms with Gasteiger partial charge in [0, 0.05) is 24.4 Å². The van der Waals surface area contributed by atoms with Crippen molar-refractivity contribution in [2.75, 3.05) is 0 Å². The summed E-state index contributed by atoms with van der Waals surface area (Å²) in [6.07, 6.45) is 0.201. The van der Waals surface area contributed by atoms with E-state index in [0.717, 1.165) is 0 Å². The molecular weight excluding hydrogens is 225 g/mol. The van der Waals surface area contributed by atoms with Crippen LogP contribution in [0.5, 0.6) is 5.75 Å². The van der Waals surface area contributed by atoms with E-state index >= 15 is 0 Å². The zero-order valence-corrected chi connectivity index (χ0v) is 9.44. The molecule has 0 atom stereocenters. The summed E-state index contributed by atoms with van der Waals surface area (Å²) in [7, 11) is 0. The van der Waals surface area contributed by atoms with Crippen LogP contribution in [0.2, 0.25) is 0 Å². The standard InChI is InChI=1S/C12H14FNO3/c1-7-10(13)3-2-4-11(7)17-9-5-8(6-9)14-12(15)16/h2-4,8-9,14H,5-6H2,1H3,(H,15,16). The number of ether oxygens (including phenoxy) is 1. The third kappa shape index (κ3) is 2.67. The zero-order chi connectivity index (χ0) is 12.4. The molecule has 0 saturated heterocycles. The number of carbonyl (C=O) groups is 1. The number of halogens is 1. The van der Waals surface area contributed by atoms with E-state index in [4.69, 9.17) is 9.84 Å². The van der Waals surface area contributed by atoms with E-state index in [1.54, 1.807) is 19.1 Å². The quantitative estimate of drug-likeness (QED) is 0.851. The maximum atomic E-state index is 13.2. The van der Waals surface area contributed by atoms with Crippen molar-refractivity contribution in [3.05, 3.63) is 29.6 Å². The van der Waals surface area contributed by atoms with Crippen molar-refractivity contribution < 1.29 is 19.0 Å². The van der Waals surface area contributed by atoms with Gasteiger partial charge in [0.1, 0.15) is 17.7 Å². The molecule has 5 heteroatoms. The summed E-state index contributed by atoms with van der Waals surface area (Å²) in [6, 6.07) is 4.66. The summed E-state index contributed by atoms with van der Waals surface area (Å²) in [5.74, 6) is 0.241. The molecule has 17 heavy (non-hydrogen) atoms. The van der Waals surface area contributed by atoms with Gasteiger partial charge in [-0.1, -0.05) is 6.07 Å². The second kappa shape index (κ2) is 4.61. The molecule has 0 heterocycles. The van der Waals surface area contributed by atoms with Gasteiger partial charge in [-0.15, -0.1) is 0 Å². The van der Waals surface area contributed by atoms with E-state index in [2.05, 4.69) is 5.32 Å². The number of rotatable bonds is 3. The Morgan fingerprint density at radius 1 is 1.53 bits per heavy atom. The predicted octanol–water partition coefficient (Wildman–Crippen LogP) is 2.31. The lowest BCUT2D eigenvalue weighted by atomic mass is 9.89. The van der Waals surface area contributed by atoms with Gasteiger partial charge in [0.05, 0.1) is 0 Å². The van der Waals surface area contributed by atoms with Crippen molar-refractivity contribution in [2.24, 2.45) is 0 Å². The summed E-state index contributed by atoms with van der Waals surface area (Å²) < 4.78 is 18.8. The van der Waals surface area contributed by atoms with Gasteiger partial charge in [0.25, 0.3) is 0 Å². The number of hydrogen-bond donors (Lipinski definition) is 2. The molecule has 4 nitrogen and oxygen atoms in total. The van der Waals surface area contributed by atoms with E-state index in [0.29, 0.717) is 24.2 Å². The Labute approximate surface area is 98.4 Å². The van der Waals surface area contributed by atoms with Crippen LogP contribution in [-0.4, -0.2) is 23.3 Å². The SMILES string of the molecule is Cc1c(F)cccc1OC1CC(NC(=O)O)C1. The molecule has 2 N–H and O–H groups in total. The van der Waals surface area contributed by atoms with Gasteiger partial charge in [-0.05, 0) is 19.1 Å². The highest BCUT2D eigenvalue weighted by Gasteiger charge is 2.32. The first kappa shape index (κ1) is 11.7. The first-order valence-electron chi connectivity index (χ1n) is 5.47. The average molecular weight is 239 g/mol. The second-order valence-electron chi connectivity index (χ2n) is 4.22. The van der Waals surface area contributed by atoms with Gasteiger partial charge in [0.15, 0.2) is 0 Å². The molecule has 0 aliphatic heterocycles. The van der Waals surface area contributed by atoms with E-state index in [1.807, 2.05) is 0 Å². The lowest BCUT2D eigenvalue weighted by Gasteiger charge is -2.35. The lowest BCUT2D eigenvalue weighted by Crippen LogP contribution is -2.48. The summed E-state index contributed by atoms with van der Waals surface area (Å²) >= 11 is 0. The molecule has 0 radical (unpaired) electrons. The molecule has 0 unspecified atom stereocenters. The fraction of sp³-hybridized carbons (Fsp3) is 0.417. The lowest BCUT2D eigenvalue weighted by molar-refractivity contribution is 0.0824. The first-order valence-corrected chi connectivity index (χ1v) is 5.47. The Bertz CT molecular complexity index is 430. The molecule has 1 amide bonds. The average Bonchev–Trinajstić information content (AvgIpc) is 2.20. The Hall–Kier alpha value is -1.78. The predicted molar refractivity (Wildman–Crippen MR) is 59.7 cm³/mol. The van der Waals surface area contributed by atoms with Crippen LogP contribution in [0, 0.1) is 12.7 Å². The third-order valence-corrected chi connectivity index (χ3v) is 2.93. The molecule has 0 bridgehead atoms. The molecule has 92 valence electrons. The molecule has 1 aliphatic rings. The molecule has 0 spiro atoms. The largest absolute Gasteiger partial charge is 0.490 e. The topological polar surface area (TPSA) is 58.6 Å². The molecule has 1 fully saturated rings. The van der Waals surface area contributed by atoms with E-state index < -0.39 is 6.09 Å². The molecule has 0 aromatic heterocycles. The molecule has 1 aromatic carbocycles. The van der Waals surface area contributed by atoms with Gasteiger partial charge >= 0.3 is 6.09 Å². The van der Waals surface area contributed by atoms with Crippen molar-refractivity contribution in [2.45, 2.75) is 31.9 Å². The maximum Gasteiger partial charge on any atom is 0.404 e. The Balaban J connectivity index is 1.88. The van der Waals surface area contributed by atoms with Crippen LogP contribution >= 0.6 is 0 Å². The summed E-state index contributed by atoms with van der Waals surface area (Å²) in [5.41, 5.74) is 0.488. The van der Waals surface area contributed by atoms with Crippen LogP contribution < -0.4 is 10.1 Å². The monoisotopic (exact) mass is 239 g/mol. The van der Waals surface area contributed by atoms with Crippen molar-refractivity contribution >= 4 is 6.09 Å². The minimum absolute atomic E-state index is 0.0349. The minimum Gasteiger partial charge on any atom is -0.490 e. The van der Waals surface area contributed by atoms with Crippen LogP contribution in [0.1, 0.15) is 18.4 Å². The van der Waals surface area contributed by atoms with E-state index in [1.165, 1.54) is 6.07 Å². The zero-order valence-electron chi connectivity index (χ0n) is 9.44. The summed E-state index contributed by atoms with van der Waals surface area (Å²) in [6.45, 7) is 1.66. The van der Waals surface area contributed by atoms with Crippen LogP contribution in [-0.2, 0) is 0 Å². The number of amides is 1. The van der Waals surface area contributed by atoms with Crippen LogP contribution in [0.15, 0.2) is 18.2 Å². The van der Waals surface area contributed by atoms with Gasteiger partial charge in [-0.3, -0.25) is 0 Å². The first-order chi connectivity index (χ1) is 8.06. The van der Waals surface area contributed by atoms with E-state index in [9.17, 15) is 9.18 Å². The van der Waals surface area contributed by atoms with Gasteiger partial charge in [0.2, 0.25) is 0 Å². The maximum absolute atomic E-state index is 13.2. The van der Waals surface area contributed by atoms with Crippen LogP contribution in [0.25, 0.3) is 0 Å². The Morgan fingerprint density at radius 2 is 2.24 bits per heavy atom. The summed E-state index contributed by atoms with van der Waals surface area (Å²) in [4.78, 5) is 10.4. The molecular formula is C12H14FNO3. The number of hydrogen-bond acceptors (Lipinski definition) is 2. The molecule has 1 aromatic rings. The number of nitrogens with one attached hydrogen (secondary N) is 1. The van der Waals surface area contributed by atoms with E-state index in [-0.39, 0.29) is 18.0 Å². The Kier molecular flexibility index (Phi) is 3.17. The van der Waals surface area contributed by atoms with Gasteiger partial charge < -0.3 is 15.2 Å².